The van der Waals surface area contributed by atoms with Gasteiger partial charge in [-0.2, -0.15) is 0 Å². The monoisotopic (exact) mass is 267 g/mol. The van der Waals surface area contributed by atoms with Gasteiger partial charge in [-0.25, -0.2) is 0 Å². The highest BCUT2D eigenvalue weighted by molar-refractivity contribution is 4.81. The number of nitrogens with zero attached hydrogens (tertiary/aromatic N) is 2. The molecule has 0 aromatic heterocycles. The van der Waals surface area contributed by atoms with E-state index in [1.165, 1.54) is 58.7 Å². The fourth-order valence-electron chi connectivity index (χ4n) is 2.94. The van der Waals surface area contributed by atoms with Crippen LogP contribution in [0.1, 0.15) is 33.6 Å². The number of rotatable bonds is 8. The van der Waals surface area contributed by atoms with Crippen LogP contribution in [0.15, 0.2) is 0 Å². The molecule has 0 amide bonds. The summed E-state index contributed by atoms with van der Waals surface area (Å²) in [6, 6.07) is 0. The minimum atomic E-state index is 0.762. The average molecular weight is 267 g/mol. The molecule has 3 nitrogen and oxygen atoms in total. The summed E-state index contributed by atoms with van der Waals surface area (Å²) in [7, 11) is 0. The van der Waals surface area contributed by atoms with E-state index in [4.69, 9.17) is 0 Å². The quantitative estimate of drug-likeness (QED) is 0.724. The molecular weight excluding hydrogens is 234 g/mol. The molecule has 112 valence electrons. The maximum atomic E-state index is 3.58. The molecule has 1 unspecified atom stereocenters. The molecule has 0 spiro atoms. The van der Waals surface area contributed by atoms with Crippen LogP contribution in [-0.2, 0) is 0 Å². The fraction of sp³-hybridized carbons (Fsp3) is 1.00. The van der Waals surface area contributed by atoms with Gasteiger partial charge < -0.3 is 15.1 Å². The van der Waals surface area contributed by atoms with Gasteiger partial charge in [0.25, 0.3) is 0 Å². The highest BCUT2D eigenvalue weighted by atomic mass is 15.3. The third-order valence-electron chi connectivity index (χ3n) is 4.29. The second-order valence-corrected chi connectivity index (χ2v) is 7.20. The van der Waals surface area contributed by atoms with Crippen LogP contribution in [0.5, 0.6) is 0 Å². The molecule has 0 radical (unpaired) electrons. The first-order chi connectivity index (χ1) is 9.13. The zero-order chi connectivity index (χ0) is 13.7. The van der Waals surface area contributed by atoms with E-state index >= 15 is 0 Å². The molecule has 1 saturated carbocycles. The van der Waals surface area contributed by atoms with Crippen molar-refractivity contribution in [2.45, 2.75) is 33.6 Å². The van der Waals surface area contributed by atoms with E-state index in [0.29, 0.717) is 0 Å². The topological polar surface area (TPSA) is 18.5 Å². The van der Waals surface area contributed by atoms with Crippen molar-refractivity contribution in [1.29, 1.82) is 0 Å². The minimum absolute atomic E-state index is 0.762. The van der Waals surface area contributed by atoms with Gasteiger partial charge in [0.05, 0.1) is 0 Å². The Hall–Kier alpha value is -0.120. The van der Waals surface area contributed by atoms with Crippen molar-refractivity contribution >= 4 is 0 Å². The second kappa shape index (κ2) is 7.61. The lowest BCUT2D eigenvalue weighted by atomic mass is 10.1. The van der Waals surface area contributed by atoms with Crippen LogP contribution in [0.3, 0.4) is 0 Å². The molecule has 3 heteroatoms. The van der Waals surface area contributed by atoms with Crippen LogP contribution in [0.4, 0.5) is 0 Å². The fourth-order valence-corrected chi connectivity index (χ4v) is 2.94. The first kappa shape index (κ1) is 15.3. The standard InChI is InChI=1S/C16H33N3/c1-14(2)10-17-11-15(3)12-18-6-8-19(9-7-18)13-16-4-5-16/h14-17H,4-13H2,1-3H3. The molecule has 1 aliphatic carbocycles. The Labute approximate surface area is 119 Å². The van der Waals surface area contributed by atoms with E-state index in [9.17, 15) is 0 Å². The lowest BCUT2D eigenvalue weighted by molar-refractivity contribution is 0.116. The molecule has 0 aromatic rings. The Bertz CT molecular complexity index is 242. The first-order valence-corrected chi connectivity index (χ1v) is 8.29. The number of piperazine rings is 1. The van der Waals surface area contributed by atoms with E-state index < -0.39 is 0 Å². The summed E-state index contributed by atoms with van der Waals surface area (Å²) in [4.78, 5) is 5.33. The molecule has 0 bridgehead atoms. The maximum absolute atomic E-state index is 3.58. The Morgan fingerprint density at radius 3 is 2.16 bits per heavy atom. The van der Waals surface area contributed by atoms with E-state index in [0.717, 1.165) is 24.3 Å². The summed E-state index contributed by atoms with van der Waals surface area (Å²) >= 11 is 0. The van der Waals surface area contributed by atoms with Gasteiger partial charge in [-0.3, -0.25) is 0 Å². The smallest absolute Gasteiger partial charge is 0.0110 e. The highest BCUT2D eigenvalue weighted by Crippen LogP contribution is 2.29. The van der Waals surface area contributed by atoms with Gasteiger partial charge in [-0.1, -0.05) is 20.8 Å². The molecule has 1 N–H and O–H groups in total. The number of hydrogen-bond acceptors (Lipinski definition) is 3. The summed E-state index contributed by atoms with van der Waals surface area (Å²) < 4.78 is 0. The molecule has 2 rings (SSSR count). The van der Waals surface area contributed by atoms with E-state index in [-0.39, 0.29) is 0 Å². The predicted octanol–water partition coefficient (Wildman–Crippen LogP) is 1.90. The van der Waals surface area contributed by atoms with Gasteiger partial charge >= 0.3 is 0 Å². The van der Waals surface area contributed by atoms with Crippen molar-refractivity contribution in [3.8, 4) is 0 Å². The highest BCUT2D eigenvalue weighted by Gasteiger charge is 2.26. The molecule has 0 aromatic carbocycles. The average Bonchev–Trinajstić information content (AvgIpc) is 3.15. The Balaban J connectivity index is 1.53. The van der Waals surface area contributed by atoms with Crippen molar-refractivity contribution < 1.29 is 0 Å². The SMILES string of the molecule is CC(C)CNCC(C)CN1CCN(CC2CC2)CC1. The molecule has 2 aliphatic rings. The van der Waals surface area contributed by atoms with Gasteiger partial charge in [-0.05, 0) is 43.7 Å². The van der Waals surface area contributed by atoms with Crippen LogP contribution in [-0.4, -0.2) is 62.2 Å². The van der Waals surface area contributed by atoms with Crippen LogP contribution in [0.25, 0.3) is 0 Å². The normalized spacial score (nSPS) is 24.0. The lowest BCUT2D eigenvalue weighted by Crippen LogP contribution is -2.48. The van der Waals surface area contributed by atoms with Crippen LogP contribution >= 0.6 is 0 Å². The Morgan fingerprint density at radius 2 is 1.58 bits per heavy atom. The van der Waals surface area contributed by atoms with Crippen molar-refractivity contribution in [3.63, 3.8) is 0 Å². The van der Waals surface area contributed by atoms with Crippen LogP contribution in [0, 0.1) is 17.8 Å². The molecule has 1 saturated heterocycles. The maximum Gasteiger partial charge on any atom is 0.0110 e. The molecule has 1 aliphatic heterocycles. The summed E-state index contributed by atoms with van der Waals surface area (Å²) in [6.07, 6.45) is 2.97. The van der Waals surface area contributed by atoms with E-state index in [1.54, 1.807) is 0 Å². The van der Waals surface area contributed by atoms with Gasteiger partial charge in [0.15, 0.2) is 0 Å². The largest absolute Gasteiger partial charge is 0.316 e. The molecule has 19 heavy (non-hydrogen) atoms. The van der Waals surface area contributed by atoms with Gasteiger partial charge in [0, 0.05) is 39.3 Å². The lowest BCUT2D eigenvalue weighted by Gasteiger charge is -2.36. The molecule has 1 atom stereocenters. The summed E-state index contributed by atoms with van der Waals surface area (Å²) in [5.41, 5.74) is 0. The summed E-state index contributed by atoms with van der Waals surface area (Å²) in [5.74, 6) is 2.58. The van der Waals surface area contributed by atoms with Crippen LogP contribution in [0.2, 0.25) is 0 Å². The van der Waals surface area contributed by atoms with Gasteiger partial charge in [0.1, 0.15) is 0 Å². The van der Waals surface area contributed by atoms with E-state index in [2.05, 4.69) is 35.9 Å². The summed E-state index contributed by atoms with van der Waals surface area (Å²) in [5, 5.41) is 3.58. The summed E-state index contributed by atoms with van der Waals surface area (Å²) in [6.45, 7) is 17.0. The van der Waals surface area contributed by atoms with Crippen molar-refractivity contribution in [1.82, 2.24) is 15.1 Å². The first-order valence-electron chi connectivity index (χ1n) is 8.29. The number of nitrogens with one attached hydrogen (secondary N) is 1. The predicted molar refractivity (Wildman–Crippen MR) is 82.5 cm³/mol. The molecule has 1 heterocycles. The Kier molecular flexibility index (Phi) is 6.11. The molecule has 2 fully saturated rings. The third-order valence-corrected chi connectivity index (χ3v) is 4.29. The zero-order valence-corrected chi connectivity index (χ0v) is 13.2. The zero-order valence-electron chi connectivity index (χ0n) is 13.2. The van der Waals surface area contributed by atoms with Crippen molar-refractivity contribution in [2.75, 3.05) is 52.4 Å². The van der Waals surface area contributed by atoms with Crippen molar-refractivity contribution in [3.05, 3.63) is 0 Å². The van der Waals surface area contributed by atoms with Crippen LogP contribution < -0.4 is 5.32 Å². The van der Waals surface area contributed by atoms with Crippen molar-refractivity contribution in [2.24, 2.45) is 17.8 Å². The van der Waals surface area contributed by atoms with Gasteiger partial charge in [0.2, 0.25) is 0 Å². The number of hydrogen-bond donors (Lipinski definition) is 1. The third kappa shape index (κ3) is 6.24. The Morgan fingerprint density at radius 1 is 0.947 bits per heavy atom. The second-order valence-electron chi connectivity index (χ2n) is 7.20. The van der Waals surface area contributed by atoms with Gasteiger partial charge in [-0.15, -0.1) is 0 Å². The molecular formula is C16H33N3. The van der Waals surface area contributed by atoms with E-state index in [1.807, 2.05) is 0 Å². The minimum Gasteiger partial charge on any atom is -0.316 e.